The second-order valence-electron chi connectivity index (χ2n) is 7.97. The molecule has 1 fully saturated rings. The predicted molar refractivity (Wildman–Crippen MR) is 117 cm³/mol. The van der Waals surface area contributed by atoms with Crippen molar-refractivity contribution in [2.75, 3.05) is 30.4 Å². The number of esters is 1. The quantitative estimate of drug-likeness (QED) is 0.772. The van der Waals surface area contributed by atoms with Gasteiger partial charge in [-0.05, 0) is 61.9 Å². The van der Waals surface area contributed by atoms with Crippen LogP contribution < -0.4 is 10.2 Å². The van der Waals surface area contributed by atoms with Gasteiger partial charge in [0.15, 0.2) is 0 Å². The van der Waals surface area contributed by atoms with Crippen LogP contribution in [0.25, 0.3) is 0 Å². The maximum Gasteiger partial charge on any atom is 0.338 e. The molecule has 1 saturated heterocycles. The highest BCUT2D eigenvalue weighted by Gasteiger charge is 2.28. The Morgan fingerprint density at radius 2 is 1.97 bits per heavy atom. The molecule has 0 amide bonds. The van der Waals surface area contributed by atoms with Crippen molar-refractivity contribution in [2.45, 2.75) is 40.2 Å². The van der Waals surface area contributed by atoms with Crippen LogP contribution in [-0.2, 0) is 4.74 Å². The average molecular weight is 392 g/mol. The molecule has 0 aliphatic carbocycles. The van der Waals surface area contributed by atoms with Crippen molar-refractivity contribution < 1.29 is 9.53 Å². The highest BCUT2D eigenvalue weighted by molar-refractivity contribution is 5.94. The van der Waals surface area contributed by atoms with Crippen LogP contribution in [0.4, 0.5) is 11.4 Å². The number of nitriles is 1. The summed E-state index contributed by atoms with van der Waals surface area (Å²) in [7, 11) is 1.42. The van der Waals surface area contributed by atoms with Gasteiger partial charge in [-0.2, -0.15) is 5.26 Å². The molecule has 0 radical (unpaired) electrons. The van der Waals surface area contributed by atoms with E-state index in [9.17, 15) is 10.1 Å². The number of methoxy groups -OCH3 is 1. The van der Waals surface area contributed by atoms with Crippen LogP contribution in [0.2, 0.25) is 0 Å². The second kappa shape index (κ2) is 8.57. The third-order valence-corrected chi connectivity index (χ3v) is 5.96. The highest BCUT2D eigenvalue weighted by Crippen LogP contribution is 2.32. The van der Waals surface area contributed by atoms with Crippen molar-refractivity contribution in [1.29, 1.82) is 5.26 Å². The van der Waals surface area contributed by atoms with Gasteiger partial charge in [0.1, 0.15) is 6.07 Å². The van der Waals surface area contributed by atoms with Crippen LogP contribution in [0.5, 0.6) is 0 Å². The first kappa shape index (κ1) is 20.7. The first-order chi connectivity index (χ1) is 13.9. The molecule has 2 atom stereocenters. The fourth-order valence-electron chi connectivity index (χ4n) is 4.43. The molecule has 0 saturated carbocycles. The van der Waals surface area contributed by atoms with E-state index in [0.717, 1.165) is 53.1 Å². The van der Waals surface area contributed by atoms with E-state index >= 15 is 0 Å². The SMILES string of the molecule is COC(=O)c1c(C)cc(C)c(N[C@@H]2CCN(c3ccccc3C#N)C[C@H]2C)c1C. The second-order valence-corrected chi connectivity index (χ2v) is 7.97. The number of aryl methyl sites for hydroxylation is 2. The zero-order chi connectivity index (χ0) is 21.1. The van der Waals surface area contributed by atoms with E-state index in [1.807, 2.05) is 44.2 Å². The number of piperidine rings is 1. The number of hydrogen-bond acceptors (Lipinski definition) is 5. The van der Waals surface area contributed by atoms with E-state index < -0.39 is 0 Å². The number of ether oxygens (including phenoxy) is 1. The van der Waals surface area contributed by atoms with Crippen LogP contribution >= 0.6 is 0 Å². The molecule has 1 heterocycles. The minimum absolute atomic E-state index is 0.293. The van der Waals surface area contributed by atoms with Gasteiger partial charge in [-0.25, -0.2) is 4.79 Å². The number of anilines is 2. The van der Waals surface area contributed by atoms with Crippen molar-refractivity contribution in [3.63, 3.8) is 0 Å². The molecule has 1 aliphatic heterocycles. The van der Waals surface area contributed by atoms with E-state index in [1.54, 1.807) is 0 Å². The first-order valence-electron chi connectivity index (χ1n) is 10.1. The number of carbonyl (C=O) groups is 1. The largest absolute Gasteiger partial charge is 0.465 e. The number of para-hydroxylation sites is 1. The average Bonchev–Trinajstić information content (AvgIpc) is 2.71. The van der Waals surface area contributed by atoms with E-state index in [2.05, 4.69) is 30.1 Å². The zero-order valence-electron chi connectivity index (χ0n) is 17.9. The smallest absolute Gasteiger partial charge is 0.338 e. The number of carbonyl (C=O) groups excluding carboxylic acids is 1. The Labute approximate surface area is 173 Å². The van der Waals surface area contributed by atoms with Crippen LogP contribution in [-0.4, -0.2) is 32.2 Å². The highest BCUT2D eigenvalue weighted by atomic mass is 16.5. The molecule has 0 bridgehead atoms. The summed E-state index contributed by atoms with van der Waals surface area (Å²) in [5.41, 5.74) is 6.42. The Balaban J connectivity index is 1.81. The molecule has 1 N–H and O–H groups in total. The van der Waals surface area contributed by atoms with Crippen molar-refractivity contribution in [3.05, 3.63) is 58.1 Å². The van der Waals surface area contributed by atoms with Gasteiger partial charge in [-0.15, -0.1) is 0 Å². The van der Waals surface area contributed by atoms with Gasteiger partial charge in [0, 0.05) is 24.8 Å². The minimum atomic E-state index is -0.293. The lowest BCUT2D eigenvalue weighted by molar-refractivity contribution is 0.0599. The van der Waals surface area contributed by atoms with Crippen molar-refractivity contribution >= 4 is 17.3 Å². The van der Waals surface area contributed by atoms with Crippen LogP contribution in [0.3, 0.4) is 0 Å². The Morgan fingerprint density at radius 1 is 1.24 bits per heavy atom. The molecule has 5 heteroatoms. The van der Waals surface area contributed by atoms with Crippen molar-refractivity contribution in [3.8, 4) is 6.07 Å². The van der Waals surface area contributed by atoms with E-state index in [1.165, 1.54) is 7.11 Å². The standard InChI is InChI=1S/C24H29N3O2/c1-15-12-16(2)23(18(4)22(15)24(28)29-5)26-20-10-11-27(14-17(20)3)21-9-7-6-8-19(21)13-25/h6-9,12,17,20,26H,10-11,14H2,1-5H3/t17-,20-/m1/s1. The van der Waals surface area contributed by atoms with Crippen molar-refractivity contribution in [2.24, 2.45) is 5.92 Å². The van der Waals surface area contributed by atoms with Crippen LogP contribution in [0.1, 0.15) is 46.0 Å². The summed E-state index contributed by atoms with van der Waals surface area (Å²) in [6.45, 7) is 10.0. The first-order valence-corrected chi connectivity index (χ1v) is 10.1. The minimum Gasteiger partial charge on any atom is -0.465 e. The van der Waals surface area contributed by atoms with Gasteiger partial charge in [-0.1, -0.05) is 25.1 Å². The molecular formula is C24H29N3O2. The number of nitrogens with one attached hydrogen (secondary N) is 1. The molecule has 152 valence electrons. The summed E-state index contributed by atoms with van der Waals surface area (Å²) in [6, 6.07) is 12.4. The summed E-state index contributed by atoms with van der Waals surface area (Å²) in [4.78, 5) is 14.6. The Morgan fingerprint density at radius 3 is 2.62 bits per heavy atom. The molecule has 0 aromatic heterocycles. The number of nitrogens with zero attached hydrogens (tertiary/aromatic N) is 2. The number of rotatable bonds is 4. The number of benzene rings is 2. The molecule has 1 aliphatic rings. The summed E-state index contributed by atoms with van der Waals surface area (Å²) >= 11 is 0. The van der Waals surface area contributed by atoms with Gasteiger partial charge in [-0.3, -0.25) is 0 Å². The van der Waals surface area contributed by atoms with Crippen LogP contribution in [0.15, 0.2) is 30.3 Å². The fourth-order valence-corrected chi connectivity index (χ4v) is 4.43. The van der Waals surface area contributed by atoms with Gasteiger partial charge < -0.3 is 15.0 Å². The van der Waals surface area contributed by atoms with Crippen molar-refractivity contribution in [1.82, 2.24) is 0 Å². The maximum atomic E-state index is 12.3. The molecule has 3 rings (SSSR count). The lowest BCUT2D eigenvalue weighted by Crippen LogP contribution is -2.45. The molecule has 0 unspecified atom stereocenters. The predicted octanol–water partition coefficient (Wildman–Crippen LogP) is 4.60. The summed E-state index contributed by atoms with van der Waals surface area (Å²) in [5, 5.41) is 13.1. The van der Waals surface area contributed by atoms with Gasteiger partial charge in [0.05, 0.1) is 23.9 Å². The van der Waals surface area contributed by atoms with Gasteiger partial charge in [0.2, 0.25) is 0 Å². The Hall–Kier alpha value is -3.00. The topological polar surface area (TPSA) is 65.4 Å². The zero-order valence-corrected chi connectivity index (χ0v) is 17.9. The van der Waals surface area contributed by atoms with E-state index in [4.69, 9.17) is 4.74 Å². The molecule has 29 heavy (non-hydrogen) atoms. The van der Waals surface area contributed by atoms with Gasteiger partial charge >= 0.3 is 5.97 Å². The lowest BCUT2D eigenvalue weighted by Gasteiger charge is -2.40. The Kier molecular flexibility index (Phi) is 6.12. The molecule has 0 spiro atoms. The fraction of sp³-hybridized carbons (Fsp3) is 0.417. The molecule has 2 aromatic carbocycles. The summed E-state index contributed by atoms with van der Waals surface area (Å²) in [6.07, 6.45) is 0.960. The molecule has 5 nitrogen and oxygen atoms in total. The van der Waals surface area contributed by atoms with Crippen LogP contribution in [0, 0.1) is 38.0 Å². The normalized spacial score (nSPS) is 18.8. The molecular weight excluding hydrogens is 362 g/mol. The van der Waals surface area contributed by atoms with E-state index in [0.29, 0.717) is 17.5 Å². The maximum absolute atomic E-state index is 12.3. The third kappa shape index (κ3) is 4.07. The lowest BCUT2D eigenvalue weighted by atomic mass is 9.91. The number of hydrogen-bond donors (Lipinski definition) is 1. The Bertz CT molecular complexity index is 961. The summed E-state index contributed by atoms with van der Waals surface area (Å²) in [5.74, 6) is 0.0937. The summed E-state index contributed by atoms with van der Waals surface area (Å²) < 4.78 is 4.99. The molecule has 2 aromatic rings. The monoisotopic (exact) mass is 391 g/mol. The third-order valence-electron chi connectivity index (χ3n) is 5.96. The van der Waals surface area contributed by atoms with E-state index in [-0.39, 0.29) is 5.97 Å². The van der Waals surface area contributed by atoms with Gasteiger partial charge in [0.25, 0.3) is 0 Å².